The zero-order valence-corrected chi connectivity index (χ0v) is 27.5. The van der Waals surface area contributed by atoms with Gasteiger partial charge in [0.25, 0.3) is 0 Å². The van der Waals surface area contributed by atoms with Crippen LogP contribution in [-0.4, -0.2) is 83.4 Å². The third-order valence-electron chi connectivity index (χ3n) is 11.0. The summed E-state index contributed by atoms with van der Waals surface area (Å²) < 4.78 is 26.2. The first-order valence-corrected chi connectivity index (χ1v) is 18.4. The van der Waals surface area contributed by atoms with Gasteiger partial charge in [0.15, 0.2) is 14.1 Å². The van der Waals surface area contributed by atoms with E-state index in [1.807, 2.05) is 51.1 Å². The van der Waals surface area contributed by atoms with Crippen molar-refractivity contribution in [1.29, 1.82) is 0 Å². The Balaban J connectivity index is 1.60. The van der Waals surface area contributed by atoms with Gasteiger partial charge in [0.05, 0.1) is 43.7 Å². The molecule has 2 saturated carbocycles. The second-order valence-corrected chi connectivity index (χ2v) is 20.1. The first-order chi connectivity index (χ1) is 19.4. The minimum Gasteiger partial charge on any atom is -0.413 e. The van der Waals surface area contributed by atoms with Crippen molar-refractivity contribution in [2.24, 2.45) is 23.7 Å². The molecule has 0 radical (unpaired) electrons. The molecule has 0 bridgehead atoms. The maximum atomic E-state index is 13.0. The molecule has 3 fully saturated rings. The summed E-state index contributed by atoms with van der Waals surface area (Å²) in [5, 5.41) is 47.7. The monoisotopic (exact) mass is 604 g/mol. The summed E-state index contributed by atoms with van der Waals surface area (Å²) in [6, 6.07) is 9.88. The lowest BCUT2D eigenvalue weighted by Gasteiger charge is -2.56. The molecule has 4 aliphatic rings. The number of ether oxygens (including phenoxy) is 3. The van der Waals surface area contributed by atoms with Crippen LogP contribution in [0.4, 0.5) is 0 Å². The molecule has 0 aromatic heterocycles. The van der Waals surface area contributed by atoms with Crippen LogP contribution >= 0.6 is 0 Å². The molecule has 3 aliphatic carbocycles. The number of fused-ring (bicyclic) bond motifs is 4. The van der Waals surface area contributed by atoms with Crippen LogP contribution in [0, 0.1) is 23.7 Å². The van der Waals surface area contributed by atoms with Crippen molar-refractivity contribution in [3.8, 4) is 0 Å². The van der Waals surface area contributed by atoms with Crippen LogP contribution in [0.15, 0.2) is 42.0 Å². The van der Waals surface area contributed by atoms with E-state index in [0.29, 0.717) is 19.4 Å². The normalized spacial score (nSPS) is 41.5. The fraction of sp³-hybridized carbons (Fsp3) is 0.758. The van der Waals surface area contributed by atoms with Crippen LogP contribution in [0.2, 0.25) is 18.1 Å². The van der Waals surface area contributed by atoms with Gasteiger partial charge in [-0.05, 0) is 68.0 Å². The number of aliphatic hydroxyl groups is 4. The Kier molecular flexibility index (Phi) is 8.47. The van der Waals surface area contributed by atoms with E-state index in [0.717, 1.165) is 11.1 Å². The summed E-state index contributed by atoms with van der Waals surface area (Å²) in [5.41, 5.74) is -1.50. The average Bonchev–Trinajstić information content (AvgIpc) is 3.30. The predicted octanol–water partition coefficient (Wildman–Crippen LogP) is 4.16. The summed E-state index contributed by atoms with van der Waals surface area (Å²) in [7, 11) is -2.16. The topological polar surface area (TPSA) is 118 Å². The maximum absolute atomic E-state index is 13.0. The Hall–Kier alpha value is -1.14. The standard InChI is InChI=1S/C33H52O8Si/c1-20-14-25-32(36,29(20)35)16-22(19-39-42(7,8)30(2,3)4)15-23-26(38-18-21-12-10-9-11-13-21)28-27(40-31(5,6)41-28)24(17-34)33(23,25)37/h9-13,16,20,23-29,34-37H,14-15,17-19H2,1-8H3/t20-,23-,24+,25+,26+,27+,28+,29-,32+,33-/m0/s1. The zero-order valence-electron chi connectivity index (χ0n) is 26.5. The molecule has 5 rings (SSSR count). The molecule has 1 aromatic rings. The maximum Gasteiger partial charge on any atom is 0.192 e. The SMILES string of the molecule is C[C@H]1C[C@@H]2[C@](O)(C=C(CO[Si](C)(C)C(C)(C)C)C[C@H]3[C@@H](OCc4ccccc4)[C@H]4OC(C)(C)O[C@@H]4[C@@H](CO)[C@]23O)[C@H]1O. The number of benzene rings is 1. The molecule has 10 atom stereocenters. The first kappa shape index (κ1) is 32.3. The molecule has 1 aromatic carbocycles. The van der Waals surface area contributed by atoms with E-state index in [-0.39, 0.29) is 24.2 Å². The molecule has 9 heteroatoms. The molecule has 1 heterocycles. The molecule has 42 heavy (non-hydrogen) atoms. The minimum atomic E-state index is -2.16. The summed E-state index contributed by atoms with van der Waals surface area (Å²) in [6.45, 7) is 16.7. The van der Waals surface area contributed by atoms with Crippen molar-refractivity contribution < 1.29 is 39.1 Å². The third kappa shape index (κ3) is 5.37. The molecule has 1 aliphatic heterocycles. The quantitative estimate of drug-likeness (QED) is 0.271. The van der Waals surface area contributed by atoms with Crippen molar-refractivity contribution in [2.45, 2.75) is 121 Å². The van der Waals surface area contributed by atoms with Gasteiger partial charge in [-0.3, -0.25) is 0 Å². The zero-order chi connectivity index (χ0) is 30.9. The van der Waals surface area contributed by atoms with Crippen molar-refractivity contribution in [3.05, 3.63) is 47.5 Å². The van der Waals surface area contributed by atoms with Gasteiger partial charge in [0.1, 0.15) is 11.7 Å². The summed E-state index contributed by atoms with van der Waals surface area (Å²) in [5.74, 6) is -3.27. The summed E-state index contributed by atoms with van der Waals surface area (Å²) in [6.07, 6.45) is -0.352. The van der Waals surface area contributed by atoms with Crippen LogP contribution in [-0.2, 0) is 25.2 Å². The highest BCUT2D eigenvalue weighted by molar-refractivity contribution is 6.74. The minimum absolute atomic E-state index is 0.0121. The summed E-state index contributed by atoms with van der Waals surface area (Å²) in [4.78, 5) is 0. The fourth-order valence-electron chi connectivity index (χ4n) is 7.79. The van der Waals surface area contributed by atoms with Crippen molar-refractivity contribution in [3.63, 3.8) is 0 Å². The Labute approximate surface area is 252 Å². The Morgan fingerprint density at radius 1 is 1.02 bits per heavy atom. The van der Waals surface area contributed by atoms with E-state index in [9.17, 15) is 20.4 Å². The summed E-state index contributed by atoms with van der Waals surface area (Å²) >= 11 is 0. The molecular weight excluding hydrogens is 552 g/mol. The average molecular weight is 605 g/mol. The highest BCUT2D eigenvalue weighted by Gasteiger charge is 2.72. The molecule has 0 amide bonds. The van der Waals surface area contributed by atoms with Gasteiger partial charge in [-0.25, -0.2) is 0 Å². The molecule has 0 unspecified atom stereocenters. The predicted molar refractivity (Wildman–Crippen MR) is 162 cm³/mol. The number of hydrogen-bond acceptors (Lipinski definition) is 8. The van der Waals surface area contributed by atoms with Crippen LogP contribution in [0.3, 0.4) is 0 Å². The largest absolute Gasteiger partial charge is 0.413 e. The number of hydrogen-bond donors (Lipinski definition) is 4. The van der Waals surface area contributed by atoms with Crippen molar-refractivity contribution in [1.82, 2.24) is 0 Å². The van der Waals surface area contributed by atoms with Gasteiger partial charge in [-0.15, -0.1) is 0 Å². The van der Waals surface area contributed by atoms with Crippen LogP contribution in [0.25, 0.3) is 0 Å². The number of aliphatic hydroxyl groups excluding tert-OH is 2. The lowest BCUT2D eigenvalue weighted by Crippen LogP contribution is -2.70. The Morgan fingerprint density at radius 2 is 1.67 bits per heavy atom. The van der Waals surface area contributed by atoms with E-state index >= 15 is 0 Å². The smallest absolute Gasteiger partial charge is 0.192 e. The highest BCUT2D eigenvalue weighted by Crippen LogP contribution is 2.60. The van der Waals surface area contributed by atoms with E-state index in [4.69, 9.17) is 18.6 Å². The second kappa shape index (κ2) is 11.0. The van der Waals surface area contributed by atoms with Gasteiger partial charge in [0, 0.05) is 17.8 Å². The third-order valence-corrected chi connectivity index (χ3v) is 15.5. The molecule has 1 saturated heterocycles. The van der Waals surface area contributed by atoms with E-state index in [2.05, 4.69) is 33.9 Å². The van der Waals surface area contributed by atoms with Gasteiger partial charge >= 0.3 is 0 Å². The fourth-order valence-corrected chi connectivity index (χ4v) is 8.77. The van der Waals surface area contributed by atoms with Crippen LogP contribution in [0.5, 0.6) is 0 Å². The highest BCUT2D eigenvalue weighted by atomic mass is 28.4. The molecular formula is C33H52O8Si. The van der Waals surface area contributed by atoms with Crippen molar-refractivity contribution >= 4 is 8.32 Å². The molecule has 236 valence electrons. The van der Waals surface area contributed by atoms with Crippen molar-refractivity contribution in [2.75, 3.05) is 13.2 Å². The van der Waals surface area contributed by atoms with Crippen LogP contribution in [0.1, 0.15) is 59.9 Å². The lowest BCUT2D eigenvalue weighted by molar-refractivity contribution is -0.255. The molecule has 0 spiro atoms. The molecule has 4 N–H and O–H groups in total. The van der Waals surface area contributed by atoms with E-state index in [1.54, 1.807) is 6.08 Å². The molecule has 8 nitrogen and oxygen atoms in total. The van der Waals surface area contributed by atoms with E-state index < -0.39 is 67.5 Å². The van der Waals surface area contributed by atoms with Gasteiger partial charge < -0.3 is 39.1 Å². The van der Waals surface area contributed by atoms with E-state index in [1.165, 1.54) is 0 Å². The second-order valence-electron chi connectivity index (χ2n) is 15.3. The van der Waals surface area contributed by atoms with Gasteiger partial charge in [-0.1, -0.05) is 58.0 Å². The van der Waals surface area contributed by atoms with Gasteiger partial charge in [0.2, 0.25) is 0 Å². The van der Waals surface area contributed by atoms with Crippen LogP contribution < -0.4 is 0 Å². The number of rotatable bonds is 7. The Bertz CT molecular complexity index is 1150. The first-order valence-electron chi connectivity index (χ1n) is 15.5. The lowest BCUT2D eigenvalue weighted by atomic mass is 9.57. The Morgan fingerprint density at radius 3 is 2.29 bits per heavy atom. The van der Waals surface area contributed by atoms with Gasteiger partial charge in [-0.2, -0.15) is 0 Å².